The SMILES string of the molecule is CCN1CCCC(COP(=O)(O)CC)C1. The van der Waals surface area contributed by atoms with E-state index in [2.05, 4.69) is 11.8 Å². The van der Waals surface area contributed by atoms with Crippen LogP contribution in [-0.2, 0) is 9.09 Å². The smallest absolute Gasteiger partial charge is 0.324 e. The third kappa shape index (κ3) is 4.64. The van der Waals surface area contributed by atoms with E-state index in [0.29, 0.717) is 12.5 Å². The molecule has 0 aromatic heterocycles. The van der Waals surface area contributed by atoms with Crippen molar-refractivity contribution in [2.24, 2.45) is 5.92 Å². The molecule has 0 amide bonds. The maximum absolute atomic E-state index is 11.3. The monoisotopic (exact) mass is 235 g/mol. The van der Waals surface area contributed by atoms with Crippen molar-refractivity contribution >= 4 is 7.60 Å². The molecule has 4 nitrogen and oxygen atoms in total. The second kappa shape index (κ2) is 6.00. The molecular weight excluding hydrogens is 213 g/mol. The van der Waals surface area contributed by atoms with Crippen LogP contribution in [0.25, 0.3) is 0 Å². The molecule has 0 aromatic rings. The minimum Gasteiger partial charge on any atom is -0.324 e. The molecule has 2 atom stereocenters. The first-order valence-electron chi connectivity index (χ1n) is 5.76. The van der Waals surface area contributed by atoms with Crippen LogP contribution >= 0.6 is 7.60 Å². The predicted octanol–water partition coefficient (Wildman–Crippen LogP) is 1.94. The van der Waals surface area contributed by atoms with Gasteiger partial charge in [-0.1, -0.05) is 13.8 Å². The van der Waals surface area contributed by atoms with Crippen LogP contribution in [0.5, 0.6) is 0 Å². The minimum absolute atomic E-state index is 0.206. The summed E-state index contributed by atoms with van der Waals surface area (Å²) >= 11 is 0. The van der Waals surface area contributed by atoms with Crippen molar-refractivity contribution in [3.63, 3.8) is 0 Å². The van der Waals surface area contributed by atoms with Crippen LogP contribution in [0.2, 0.25) is 0 Å². The van der Waals surface area contributed by atoms with E-state index >= 15 is 0 Å². The van der Waals surface area contributed by atoms with Crippen molar-refractivity contribution in [1.29, 1.82) is 0 Å². The van der Waals surface area contributed by atoms with E-state index < -0.39 is 7.60 Å². The summed E-state index contributed by atoms with van der Waals surface area (Å²) in [5, 5.41) is 0. The molecule has 90 valence electrons. The van der Waals surface area contributed by atoms with Gasteiger partial charge in [0, 0.05) is 12.7 Å². The zero-order chi connectivity index (χ0) is 11.3. The Hall–Kier alpha value is 0.110. The summed E-state index contributed by atoms with van der Waals surface area (Å²) in [5.74, 6) is 0.422. The predicted molar refractivity (Wildman–Crippen MR) is 61.2 cm³/mol. The zero-order valence-corrected chi connectivity index (χ0v) is 10.6. The second-order valence-corrected chi connectivity index (χ2v) is 6.32. The molecule has 15 heavy (non-hydrogen) atoms. The third-order valence-electron chi connectivity index (χ3n) is 2.96. The van der Waals surface area contributed by atoms with Crippen molar-refractivity contribution < 1.29 is 14.0 Å². The van der Waals surface area contributed by atoms with Gasteiger partial charge in [0.2, 0.25) is 0 Å². The van der Waals surface area contributed by atoms with E-state index in [1.54, 1.807) is 6.92 Å². The van der Waals surface area contributed by atoms with Crippen LogP contribution in [0.4, 0.5) is 0 Å². The quantitative estimate of drug-likeness (QED) is 0.740. The normalized spacial score (nSPS) is 27.5. The van der Waals surface area contributed by atoms with E-state index in [-0.39, 0.29) is 6.16 Å². The van der Waals surface area contributed by atoms with Crippen molar-refractivity contribution in [2.45, 2.75) is 26.7 Å². The Kier molecular flexibility index (Phi) is 5.27. The van der Waals surface area contributed by atoms with Crippen LogP contribution in [0, 0.1) is 5.92 Å². The van der Waals surface area contributed by atoms with Gasteiger partial charge in [-0.15, -0.1) is 0 Å². The highest BCUT2D eigenvalue weighted by Crippen LogP contribution is 2.41. The summed E-state index contributed by atoms with van der Waals surface area (Å²) in [5.41, 5.74) is 0. The first-order chi connectivity index (χ1) is 7.07. The lowest BCUT2D eigenvalue weighted by Gasteiger charge is -2.31. The van der Waals surface area contributed by atoms with Crippen molar-refractivity contribution in [2.75, 3.05) is 32.4 Å². The Balaban J connectivity index is 2.29. The van der Waals surface area contributed by atoms with Crippen molar-refractivity contribution in [3.05, 3.63) is 0 Å². The lowest BCUT2D eigenvalue weighted by atomic mass is 9.99. The molecule has 0 aromatic carbocycles. The number of hydrogen-bond acceptors (Lipinski definition) is 3. The third-order valence-corrected chi connectivity index (χ3v) is 4.31. The van der Waals surface area contributed by atoms with Crippen LogP contribution in [0.15, 0.2) is 0 Å². The van der Waals surface area contributed by atoms with Crippen molar-refractivity contribution in [1.82, 2.24) is 4.90 Å². The lowest BCUT2D eigenvalue weighted by molar-refractivity contribution is 0.127. The van der Waals surface area contributed by atoms with Gasteiger partial charge in [0.25, 0.3) is 0 Å². The number of rotatable bonds is 5. The Morgan fingerprint density at radius 2 is 2.27 bits per heavy atom. The number of hydrogen-bond donors (Lipinski definition) is 1. The molecule has 0 saturated carbocycles. The summed E-state index contributed by atoms with van der Waals surface area (Å²) in [7, 11) is -3.29. The van der Waals surface area contributed by atoms with Gasteiger partial charge in [-0.3, -0.25) is 4.57 Å². The highest BCUT2D eigenvalue weighted by Gasteiger charge is 2.23. The number of nitrogens with zero attached hydrogens (tertiary/aromatic N) is 1. The Bertz CT molecular complexity index is 235. The summed E-state index contributed by atoms with van der Waals surface area (Å²) in [6.45, 7) is 7.46. The van der Waals surface area contributed by atoms with Gasteiger partial charge in [0.05, 0.1) is 6.61 Å². The molecule has 1 aliphatic rings. The summed E-state index contributed by atoms with van der Waals surface area (Å²) in [6, 6.07) is 0. The van der Waals surface area contributed by atoms with Gasteiger partial charge in [-0.05, 0) is 31.8 Å². The Labute approximate surface area is 92.1 Å². The van der Waals surface area contributed by atoms with Gasteiger partial charge in [-0.2, -0.15) is 0 Å². The van der Waals surface area contributed by atoms with Crippen LogP contribution in [-0.4, -0.2) is 42.2 Å². The molecule has 0 spiro atoms. The van der Waals surface area contributed by atoms with Gasteiger partial charge < -0.3 is 14.3 Å². The maximum atomic E-state index is 11.3. The summed E-state index contributed by atoms with van der Waals surface area (Å²) in [4.78, 5) is 11.7. The Morgan fingerprint density at radius 3 is 2.87 bits per heavy atom. The van der Waals surface area contributed by atoms with E-state index in [4.69, 9.17) is 4.52 Å². The summed E-state index contributed by atoms with van der Waals surface area (Å²) in [6.07, 6.45) is 2.49. The molecule has 0 radical (unpaired) electrons. The van der Waals surface area contributed by atoms with E-state index in [9.17, 15) is 9.46 Å². The molecule has 1 saturated heterocycles. The standard InChI is InChI=1S/C10H22NO3P/c1-3-11-7-5-6-10(8-11)9-14-15(12,13)4-2/h10H,3-9H2,1-2H3,(H,12,13). The largest absolute Gasteiger partial charge is 0.327 e. The molecule has 1 N–H and O–H groups in total. The fourth-order valence-electron chi connectivity index (χ4n) is 1.89. The summed E-state index contributed by atoms with van der Waals surface area (Å²) < 4.78 is 16.4. The number of likely N-dealkylation sites (tertiary alicyclic amines) is 1. The molecule has 0 bridgehead atoms. The highest BCUT2D eigenvalue weighted by molar-refractivity contribution is 7.52. The average Bonchev–Trinajstić information content (AvgIpc) is 2.27. The van der Waals surface area contributed by atoms with Crippen LogP contribution in [0.3, 0.4) is 0 Å². The van der Waals surface area contributed by atoms with Gasteiger partial charge >= 0.3 is 7.60 Å². The van der Waals surface area contributed by atoms with E-state index in [0.717, 1.165) is 26.1 Å². The molecule has 1 heterocycles. The lowest BCUT2D eigenvalue weighted by Crippen LogP contribution is -2.36. The maximum Gasteiger partial charge on any atom is 0.327 e. The molecule has 2 unspecified atom stereocenters. The van der Waals surface area contributed by atoms with Gasteiger partial charge in [0.1, 0.15) is 0 Å². The fraction of sp³-hybridized carbons (Fsp3) is 1.00. The second-order valence-electron chi connectivity index (χ2n) is 4.15. The van der Waals surface area contributed by atoms with Gasteiger partial charge in [-0.25, -0.2) is 0 Å². The number of piperidine rings is 1. The molecule has 1 rings (SSSR count). The average molecular weight is 235 g/mol. The first-order valence-corrected chi connectivity index (χ1v) is 7.52. The molecule has 1 aliphatic heterocycles. The van der Waals surface area contributed by atoms with Gasteiger partial charge in [0.15, 0.2) is 0 Å². The minimum atomic E-state index is -3.29. The van der Waals surface area contributed by atoms with E-state index in [1.165, 1.54) is 6.42 Å². The topological polar surface area (TPSA) is 49.8 Å². The van der Waals surface area contributed by atoms with Crippen LogP contribution < -0.4 is 0 Å². The first kappa shape index (κ1) is 13.2. The van der Waals surface area contributed by atoms with Crippen LogP contribution in [0.1, 0.15) is 26.7 Å². The highest BCUT2D eigenvalue weighted by atomic mass is 31.2. The molecule has 5 heteroatoms. The van der Waals surface area contributed by atoms with E-state index in [1.807, 2.05) is 0 Å². The molecular formula is C10H22NO3P. The fourth-order valence-corrected chi connectivity index (χ4v) is 2.51. The molecule has 1 fully saturated rings. The van der Waals surface area contributed by atoms with Crippen molar-refractivity contribution in [3.8, 4) is 0 Å². The molecule has 0 aliphatic carbocycles. The zero-order valence-electron chi connectivity index (χ0n) is 9.69. The Morgan fingerprint density at radius 1 is 1.53 bits per heavy atom.